The van der Waals surface area contributed by atoms with Crippen LogP contribution in [0.5, 0.6) is 0 Å². The molecule has 1 aliphatic rings. The molecule has 1 aliphatic heterocycles. The highest BCUT2D eigenvalue weighted by atomic mass is 19.1. The van der Waals surface area contributed by atoms with Crippen LogP contribution in [0, 0.1) is 18.2 Å². The molecule has 1 fully saturated rings. The fourth-order valence-corrected chi connectivity index (χ4v) is 4.22. The van der Waals surface area contributed by atoms with Crippen LogP contribution in [0.4, 0.5) is 20.3 Å². The van der Waals surface area contributed by atoms with Crippen molar-refractivity contribution in [3.05, 3.63) is 75.4 Å². The van der Waals surface area contributed by atoms with Gasteiger partial charge in [-0.3, -0.25) is 9.69 Å². The number of aromatic nitrogens is 2. The van der Waals surface area contributed by atoms with Gasteiger partial charge in [-0.25, -0.2) is 8.78 Å². The van der Waals surface area contributed by atoms with Gasteiger partial charge in [-0.1, -0.05) is 12.6 Å². The van der Waals surface area contributed by atoms with Crippen molar-refractivity contribution < 1.29 is 8.78 Å². The Morgan fingerprint density at radius 1 is 1.13 bits per heavy atom. The molecule has 0 bridgehead atoms. The standard InChI is InChI=1S/C23H23F2N5O/c1-14-12-30(15(2)11-29(14)13-16-17(24)6-5-7-18(16)25)20-10-22(31)28(4)19-8-9-21(26-3)27-23(19)20/h5-10,14-15H,11-13H2,1-2,4H3/t14-,15+/m1/s1. The lowest BCUT2D eigenvalue weighted by Crippen LogP contribution is -2.56. The Labute approximate surface area is 179 Å². The number of halogens is 2. The van der Waals surface area contributed by atoms with Crippen molar-refractivity contribution in [2.75, 3.05) is 18.0 Å². The second kappa shape index (κ2) is 8.08. The molecule has 4 rings (SSSR count). The highest BCUT2D eigenvalue weighted by Gasteiger charge is 2.32. The predicted octanol–water partition coefficient (Wildman–Crippen LogP) is 3.86. The van der Waals surface area contributed by atoms with E-state index in [4.69, 9.17) is 6.57 Å². The lowest BCUT2D eigenvalue weighted by Gasteiger charge is -2.45. The molecule has 0 spiro atoms. The van der Waals surface area contributed by atoms with Crippen LogP contribution in [0.2, 0.25) is 0 Å². The third-order valence-corrected chi connectivity index (χ3v) is 6.02. The van der Waals surface area contributed by atoms with E-state index in [2.05, 4.69) is 14.7 Å². The number of rotatable bonds is 3. The van der Waals surface area contributed by atoms with Gasteiger partial charge >= 0.3 is 0 Å². The summed E-state index contributed by atoms with van der Waals surface area (Å²) < 4.78 is 29.8. The van der Waals surface area contributed by atoms with Crippen LogP contribution in [-0.2, 0) is 13.6 Å². The molecule has 0 amide bonds. The van der Waals surface area contributed by atoms with Crippen LogP contribution in [0.15, 0.2) is 41.2 Å². The Balaban J connectivity index is 1.69. The van der Waals surface area contributed by atoms with Gasteiger partial charge in [0.1, 0.15) is 11.6 Å². The predicted molar refractivity (Wildman–Crippen MR) is 116 cm³/mol. The van der Waals surface area contributed by atoms with Gasteiger partial charge in [0.05, 0.1) is 11.2 Å². The molecule has 31 heavy (non-hydrogen) atoms. The third-order valence-electron chi connectivity index (χ3n) is 6.02. The van der Waals surface area contributed by atoms with Crippen molar-refractivity contribution >= 4 is 22.5 Å². The van der Waals surface area contributed by atoms with Gasteiger partial charge < -0.3 is 14.3 Å². The molecule has 2 aromatic heterocycles. The quantitative estimate of drug-likeness (QED) is 0.600. The second-order valence-corrected chi connectivity index (χ2v) is 8.06. The van der Waals surface area contributed by atoms with Crippen molar-refractivity contribution in [2.45, 2.75) is 32.5 Å². The summed E-state index contributed by atoms with van der Waals surface area (Å²) in [4.78, 5) is 24.6. The summed E-state index contributed by atoms with van der Waals surface area (Å²) in [6.07, 6.45) is 0. The van der Waals surface area contributed by atoms with E-state index in [1.54, 1.807) is 25.2 Å². The Morgan fingerprint density at radius 2 is 1.84 bits per heavy atom. The number of piperazine rings is 1. The zero-order valence-electron chi connectivity index (χ0n) is 17.6. The molecule has 0 aliphatic carbocycles. The molecule has 1 aromatic carbocycles. The van der Waals surface area contributed by atoms with E-state index >= 15 is 0 Å². The minimum atomic E-state index is -0.546. The second-order valence-electron chi connectivity index (χ2n) is 8.06. The molecule has 8 heteroatoms. The van der Waals surface area contributed by atoms with Gasteiger partial charge in [-0.2, -0.15) is 0 Å². The molecule has 0 unspecified atom stereocenters. The zero-order valence-corrected chi connectivity index (χ0v) is 17.6. The SMILES string of the molecule is [C-]#[N+]c1ccc2c(n1)c(N1C[C@@H](C)N(Cc3c(F)cccc3F)C[C@@H]1C)cc(=O)n2C. The molecule has 0 saturated carbocycles. The molecular weight excluding hydrogens is 400 g/mol. The fraction of sp³-hybridized carbons (Fsp3) is 0.348. The number of fused-ring (bicyclic) bond motifs is 1. The summed E-state index contributed by atoms with van der Waals surface area (Å²) >= 11 is 0. The number of benzene rings is 1. The number of pyridine rings is 2. The van der Waals surface area contributed by atoms with Gasteiger partial charge in [0.25, 0.3) is 11.4 Å². The maximum atomic E-state index is 14.2. The van der Waals surface area contributed by atoms with Crippen molar-refractivity contribution in [3.8, 4) is 0 Å². The minimum absolute atomic E-state index is 0.0154. The van der Waals surface area contributed by atoms with E-state index in [9.17, 15) is 13.6 Å². The van der Waals surface area contributed by atoms with Gasteiger partial charge in [0.15, 0.2) is 0 Å². The molecule has 3 heterocycles. The molecule has 2 atom stereocenters. The van der Waals surface area contributed by atoms with E-state index in [1.165, 1.54) is 22.8 Å². The van der Waals surface area contributed by atoms with E-state index in [0.717, 1.165) is 0 Å². The van der Waals surface area contributed by atoms with Crippen LogP contribution in [-0.4, -0.2) is 39.6 Å². The topological polar surface area (TPSA) is 45.7 Å². The smallest absolute Gasteiger partial charge is 0.270 e. The van der Waals surface area contributed by atoms with Gasteiger partial charge in [-0.05, 0) is 38.1 Å². The first kappa shape index (κ1) is 20.9. The first-order valence-electron chi connectivity index (χ1n) is 10.1. The van der Waals surface area contributed by atoms with Crippen molar-refractivity contribution in [3.63, 3.8) is 0 Å². The molecule has 3 aromatic rings. The van der Waals surface area contributed by atoms with Crippen LogP contribution >= 0.6 is 0 Å². The molecule has 6 nitrogen and oxygen atoms in total. The number of nitrogens with zero attached hydrogens (tertiary/aromatic N) is 5. The van der Waals surface area contributed by atoms with Crippen LogP contribution < -0.4 is 10.5 Å². The zero-order chi connectivity index (χ0) is 22.3. The lowest BCUT2D eigenvalue weighted by molar-refractivity contribution is 0.154. The molecule has 1 saturated heterocycles. The first-order valence-corrected chi connectivity index (χ1v) is 10.1. The summed E-state index contributed by atoms with van der Waals surface area (Å²) in [5.74, 6) is -0.826. The van der Waals surface area contributed by atoms with E-state index < -0.39 is 11.6 Å². The highest BCUT2D eigenvalue weighted by molar-refractivity contribution is 5.89. The van der Waals surface area contributed by atoms with E-state index in [1.807, 2.05) is 18.7 Å². The van der Waals surface area contributed by atoms with Crippen molar-refractivity contribution in [1.29, 1.82) is 0 Å². The molecule has 0 N–H and O–H groups in total. The summed E-state index contributed by atoms with van der Waals surface area (Å²) in [7, 11) is 1.68. The van der Waals surface area contributed by atoms with E-state index in [0.29, 0.717) is 29.8 Å². The number of hydrogen-bond acceptors (Lipinski definition) is 4. The number of aryl methyl sites for hydroxylation is 1. The summed E-state index contributed by atoms with van der Waals surface area (Å²) in [5, 5.41) is 0. The molecule has 0 radical (unpaired) electrons. The Hall–Kier alpha value is -3.31. The van der Waals surface area contributed by atoms with Crippen LogP contribution in [0.1, 0.15) is 19.4 Å². The number of anilines is 1. The molecule has 160 valence electrons. The van der Waals surface area contributed by atoms with Gasteiger partial charge in [0.2, 0.25) is 5.52 Å². The fourth-order valence-electron chi connectivity index (χ4n) is 4.22. The molecular formula is C23H23F2N5O. The largest absolute Gasteiger partial charge is 0.362 e. The summed E-state index contributed by atoms with van der Waals surface area (Å²) in [6.45, 7) is 12.6. The van der Waals surface area contributed by atoms with E-state index in [-0.39, 0.29) is 35.6 Å². The van der Waals surface area contributed by atoms with Gasteiger partial charge in [0, 0.05) is 50.4 Å². The Bertz CT molecular complexity index is 1230. The maximum Gasteiger partial charge on any atom is 0.270 e. The highest BCUT2D eigenvalue weighted by Crippen LogP contribution is 2.30. The summed E-state index contributed by atoms with van der Waals surface area (Å²) in [6, 6.07) is 8.77. The average Bonchev–Trinajstić information content (AvgIpc) is 2.75. The maximum absolute atomic E-state index is 14.2. The minimum Gasteiger partial charge on any atom is -0.362 e. The normalized spacial score (nSPS) is 19.5. The Kier molecular flexibility index (Phi) is 5.46. The monoisotopic (exact) mass is 423 g/mol. The van der Waals surface area contributed by atoms with Crippen LogP contribution in [0.25, 0.3) is 15.9 Å². The number of hydrogen-bond donors (Lipinski definition) is 0. The van der Waals surface area contributed by atoms with Gasteiger partial charge in [-0.15, -0.1) is 4.98 Å². The lowest BCUT2D eigenvalue weighted by atomic mass is 10.0. The average molecular weight is 423 g/mol. The van der Waals surface area contributed by atoms with Crippen molar-refractivity contribution in [2.24, 2.45) is 7.05 Å². The van der Waals surface area contributed by atoms with Crippen molar-refractivity contribution in [1.82, 2.24) is 14.5 Å². The van der Waals surface area contributed by atoms with Crippen LogP contribution in [0.3, 0.4) is 0 Å². The first-order chi connectivity index (χ1) is 14.8. The summed E-state index contributed by atoms with van der Waals surface area (Å²) in [5.41, 5.74) is 1.85. The third kappa shape index (κ3) is 3.77. The Morgan fingerprint density at radius 3 is 2.52 bits per heavy atom.